The summed E-state index contributed by atoms with van der Waals surface area (Å²) in [5.41, 5.74) is 2.01. The summed E-state index contributed by atoms with van der Waals surface area (Å²) in [5, 5.41) is 11.9. The lowest BCUT2D eigenvalue weighted by molar-refractivity contribution is 0.101. The van der Waals surface area contributed by atoms with E-state index in [0.717, 1.165) is 49.0 Å². The van der Waals surface area contributed by atoms with Crippen LogP contribution in [0.3, 0.4) is 0 Å². The van der Waals surface area contributed by atoms with E-state index in [2.05, 4.69) is 43.3 Å². The highest BCUT2D eigenvalue weighted by atomic mass is 16.5. The molecule has 1 N–H and O–H groups in total. The Hall–Kier alpha value is -1.51. The number of hydrogen-bond donors (Lipinski definition) is 1. The van der Waals surface area contributed by atoms with Crippen molar-refractivity contribution in [1.82, 2.24) is 0 Å². The van der Waals surface area contributed by atoms with Gasteiger partial charge in [-0.3, -0.25) is 0 Å². The van der Waals surface area contributed by atoms with Gasteiger partial charge in [0.25, 0.3) is 0 Å². The molecule has 1 aliphatic carbocycles. The van der Waals surface area contributed by atoms with Gasteiger partial charge in [-0.25, -0.2) is 0 Å². The van der Waals surface area contributed by atoms with Gasteiger partial charge in [-0.05, 0) is 68.6 Å². The first kappa shape index (κ1) is 15.9. The van der Waals surface area contributed by atoms with Gasteiger partial charge in [0.2, 0.25) is 0 Å². The summed E-state index contributed by atoms with van der Waals surface area (Å²) in [4.78, 5) is 0. The van der Waals surface area contributed by atoms with E-state index < -0.39 is 0 Å². The minimum Gasteiger partial charge on any atom is -0.490 e. The van der Waals surface area contributed by atoms with Crippen molar-refractivity contribution in [2.75, 3.05) is 0 Å². The number of rotatable bonds is 5. The Morgan fingerprint density at radius 1 is 1.14 bits per heavy atom. The monoisotopic (exact) mass is 289 g/mol. The molecule has 0 radical (unpaired) electrons. The van der Waals surface area contributed by atoms with Crippen LogP contribution in [0.2, 0.25) is 0 Å². The van der Waals surface area contributed by atoms with Crippen LogP contribution < -0.4 is 4.74 Å². The number of aryl methyl sites for hydroxylation is 1. The highest BCUT2D eigenvalue weighted by Gasteiger charge is 2.25. The van der Waals surface area contributed by atoms with Gasteiger partial charge in [-0.15, -0.1) is 0 Å². The molecule has 3 heteroatoms. The Bertz CT molecular complexity index is 457. The summed E-state index contributed by atoms with van der Waals surface area (Å²) in [7, 11) is 0. The molecule has 1 fully saturated rings. The summed E-state index contributed by atoms with van der Waals surface area (Å²) in [5.74, 6) is 2.50. The molecule has 0 amide bonds. The van der Waals surface area contributed by atoms with Gasteiger partial charge in [-0.1, -0.05) is 31.1 Å². The van der Waals surface area contributed by atoms with E-state index in [1.54, 1.807) is 0 Å². The zero-order chi connectivity index (χ0) is 15.2. The third-order valence-corrected chi connectivity index (χ3v) is 4.31. The molecule has 1 saturated carbocycles. The highest BCUT2D eigenvalue weighted by molar-refractivity contribution is 5.81. The van der Waals surface area contributed by atoms with E-state index >= 15 is 0 Å². The predicted molar refractivity (Wildman–Crippen MR) is 86.3 cm³/mol. The largest absolute Gasteiger partial charge is 0.490 e. The van der Waals surface area contributed by atoms with Crippen LogP contribution in [0, 0.1) is 11.8 Å². The molecule has 0 aromatic heterocycles. The fraction of sp³-hybridized carbons (Fsp3) is 0.611. The van der Waals surface area contributed by atoms with Crippen LogP contribution in [0.5, 0.6) is 5.75 Å². The number of oxime groups is 1. The minimum atomic E-state index is 0.360. The third kappa shape index (κ3) is 5.07. The molecule has 1 aliphatic rings. The van der Waals surface area contributed by atoms with Crippen molar-refractivity contribution in [2.45, 2.75) is 59.0 Å². The van der Waals surface area contributed by atoms with Gasteiger partial charge in [0.05, 0.1) is 11.8 Å². The fourth-order valence-electron chi connectivity index (χ4n) is 3.27. The Morgan fingerprint density at radius 3 is 2.33 bits per heavy atom. The first-order chi connectivity index (χ1) is 10.1. The molecule has 0 spiro atoms. The second-order valence-electron chi connectivity index (χ2n) is 6.64. The van der Waals surface area contributed by atoms with E-state index in [1.165, 1.54) is 12.0 Å². The van der Waals surface area contributed by atoms with Crippen molar-refractivity contribution in [2.24, 2.45) is 17.0 Å². The molecule has 2 atom stereocenters. The van der Waals surface area contributed by atoms with Crippen LogP contribution >= 0.6 is 0 Å². The van der Waals surface area contributed by atoms with Gasteiger partial charge in [0.15, 0.2) is 0 Å². The lowest BCUT2D eigenvalue weighted by Crippen LogP contribution is -2.28. The number of benzene rings is 1. The van der Waals surface area contributed by atoms with E-state index in [-0.39, 0.29) is 0 Å². The van der Waals surface area contributed by atoms with Crippen molar-refractivity contribution >= 4 is 5.71 Å². The van der Waals surface area contributed by atoms with E-state index in [1.807, 2.05) is 6.92 Å². The van der Waals surface area contributed by atoms with Crippen LogP contribution in [-0.4, -0.2) is 17.0 Å². The fourth-order valence-corrected chi connectivity index (χ4v) is 3.27. The van der Waals surface area contributed by atoms with Crippen LogP contribution in [0.15, 0.2) is 29.4 Å². The summed E-state index contributed by atoms with van der Waals surface area (Å²) in [6.45, 7) is 6.48. The van der Waals surface area contributed by atoms with Gasteiger partial charge in [0, 0.05) is 0 Å². The SMILES string of the molecule is CC(CCc1ccc(OC2CC(C)CC(C)C2)cc1)=NO. The molecule has 2 unspecified atom stereocenters. The van der Waals surface area contributed by atoms with Gasteiger partial charge in [0.1, 0.15) is 5.75 Å². The van der Waals surface area contributed by atoms with Crippen molar-refractivity contribution in [3.63, 3.8) is 0 Å². The first-order valence-electron chi connectivity index (χ1n) is 8.00. The molecule has 21 heavy (non-hydrogen) atoms. The molecule has 0 aliphatic heterocycles. The molecule has 116 valence electrons. The van der Waals surface area contributed by atoms with E-state index in [4.69, 9.17) is 9.94 Å². The molecular weight excluding hydrogens is 262 g/mol. The molecule has 0 saturated heterocycles. The second kappa shape index (κ2) is 7.48. The average Bonchev–Trinajstić information content (AvgIpc) is 2.45. The maximum Gasteiger partial charge on any atom is 0.119 e. The molecule has 1 aromatic rings. The van der Waals surface area contributed by atoms with E-state index in [9.17, 15) is 0 Å². The normalized spacial score (nSPS) is 26.6. The molecule has 1 aromatic carbocycles. The smallest absolute Gasteiger partial charge is 0.119 e. The van der Waals surface area contributed by atoms with Crippen LogP contribution in [0.25, 0.3) is 0 Å². The summed E-state index contributed by atoms with van der Waals surface area (Å²) in [6, 6.07) is 8.33. The molecular formula is C18H27NO2. The van der Waals surface area contributed by atoms with Crippen LogP contribution in [0.4, 0.5) is 0 Å². The second-order valence-corrected chi connectivity index (χ2v) is 6.64. The van der Waals surface area contributed by atoms with Crippen molar-refractivity contribution in [1.29, 1.82) is 0 Å². The maximum absolute atomic E-state index is 8.65. The minimum absolute atomic E-state index is 0.360. The Morgan fingerprint density at radius 2 is 1.76 bits per heavy atom. The molecule has 3 nitrogen and oxygen atoms in total. The maximum atomic E-state index is 8.65. The van der Waals surface area contributed by atoms with Crippen LogP contribution in [0.1, 0.15) is 52.0 Å². The van der Waals surface area contributed by atoms with Crippen molar-refractivity contribution < 1.29 is 9.94 Å². The average molecular weight is 289 g/mol. The van der Waals surface area contributed by atoms with Gasteiger partial charge < -0.3 is 9.94 Å². The van der Waals surface area contributed by atoms with Gasteiger partial charge >= 0.3 is 0 Å². The van der Waals surface area contributed by atoms with E-state index in [0.29, 0.717) is 6.10 Å². The Kier molecular flexibility index (Phi) is 5.66. The van der Waals surface area contributed by atoms with Gasteiger partial charge in [-0.2, -0.15) is 0 Å². The number of ether oxygens (including phenoxy) is 1. The number of nitrogens with zero attached hydrogens (tertiary/aromatic N) is 1. The zero-order valence-corrected chi connectivity index (χ0v) is 13.4. The van der Waals surface area contributed by atoms with Crippen molar-refractivity contribution in [3.8, 4) is 5.75 Å². The first-order valence-corrected chi connectivity index (χ1v) is 8.00. The summed E-state index contributed by atoms with van der Waals surface area (Å²) < 4.78 is 6.13. The topological polar surface area (TPSA) is 41.8 Å². The summed E-state index contributed by atoms with van der Waals surface area (Å²) >= 11 is 0. The lowest BCUT2D eigenvalue weighted by atomic mass is 9.82. The van der Waals surface area contributed by atoms with Crippen LogP contribution in [-0.2, 0) is 6.42 Å². The van der Waals surface area contributed by atoms with Crippen molar-refractivity contribution in [3.05, 3.63) is 29.8 Å². The highest BCUT2D eigenvalue weighted by Crippen LogP contribution is 2.31. The Balaban J connectivity index is 1.87. The standard InChI is InChI=1S/C18H27NO2/c1-13-10-14(2)12-18(11-13)21-17-8-6-16(7-9-17)5-4-15(3)19-20/h6-9,13-14,18,20H,4-5,10-12H2,1-3H3. The molecule has 2 rings (SSSR count). The lowest BCUT2D eigenvalue weighted by Gasteiger charge is -2.31. The molecule has 0 bridgehead atoms. The quantitative estimate of drug-likeness (QED) is 0.486. The third-order valence-electron chi connectivity index (χ3n) is 4.31. The zero-order valence-electron chi connectivity index (χ0n) is 13.4. The predicted octanol–water partition coefficient (Wildman–Crippen LogP) is 4.67. The Labute approximate surface area is 128 Å². The number of hydrogen-bond acceptors (Lipinski definition) is 3. The summed E-state index contributed by atoms with van der Waals surface area (Å²) in [6.07, 6.45) is 5.70. The molecule has 0 heterocycles.